The minimum atomic E-state index is -3.13. The fraction of sp³-hybridized carbons (Fsp3) is 0.833. The van der Waals surface area contributed by atoms with Crippen molar-refractivity contribution in [2.45, 2.75) is 31.3 Å². The van der Waals surface area contributed by atoms with Crippen molar-refractivity contribution in [3.05, 3.63) is 12.7 Å². The second-order valence-electron chi connectivity index (χ2n) is 5.24. The molecule has 0 amide bonds. The van der Waals surface area contributed by atoms with E-state index in [9.17, 15) is 8.42 Å². The highest BCUT2D eigenvalue weighted by Crippen LogP contribution is 2.22. The average molecular weight is 273 g/mol. The lowest BCUT2D eigenvalue weighted by Gasteiger charge is -2.34. The highest BCUT2D eigenvalue weighted by molar-refractivity contribution is 7.89. The van der Waals surface area contributed by atoms with E-state index in [-0.39, 0.29) is 5.75 Å². The molecule has 0 radical (unpaired) electrons. The van der Waals surface area contributed by atoms with E-state index >= 15 is 0 Å². The van der Waals surface area contributed by atoms with Crippen LogP contribution in [0.1, 0.15) is 19.3 Å². The fourth-order valence-corrected chi connectivity index (χ4v) is 4.09. The quantitative estimate of drug-likeness (QED) is 0.732. The summed E-state index contributed by atoms with van der Waals surface area (Å²) in [5.74, 6) is 0.0462. The van der Waals surface area contributed by atoms with Crippen molar-refractivity contribution in [2.75, 3.05) is 31.9 Å². The van der Waals surface area contributed by atoms with Gasteiger partial charge in [-0.15, -0.1) is 6.58 Å². The van der Waals surface area contributed by atoms with Crippen molar-refractivity contribution >= 4 is 10.0 Å². The molecule has 0 saturated carbocycles. The molecule has 2 rings (SSSR count). The van der Waals surface area contributed by atoms with Gasteiger partial charge >= 0.3 is 0 Å². The Balaban J connectivity index is 1.90. The number of nitrogens with zero attached hydrogens (tertiary/aromatic N) is 2. The number of likely N-dealkylation sites (tertiary alicyclic amines) is 1. The van der Waals surface area contributed by atoms with Gasteiger partial charge in [0.15, 0.2) is 0 Å². The van der Waals surface area contributed by atoms with Crippen molar-refractivity contribution in [2.24, 2.45) is 5.73 Å². The highest BCUT2D eigenvalue weighted by atomic mass is 32.2. The molecule has 0 aliphatic carbocycles. The Morgan fingerprint density at radius 1 is 1.22 bits per heavy atom. The van der Waals surface area contributed by atoms with Crippen molar-refractivity contribution in [1.82, 2.24) is 9.21 Å². The van der Waals surface area contributed by atoms with E-state index in [2.05, 4.69) is 11.5 Å². The van der Waals surface area contributed by atoms with Crippen molar-refractivity contribution in [1.29, 1.82) is 0 Å². The van der Waals surface area contributed by atoms with E-state index in [0.29, 0.717) is 25.2 Å². The summed E-state index contributed by atoms with van der Waals surface area (Å²) in [5.41, 5.74) is 5.89. The molecule has 0 aromatic rings. The summed E-state index contributed by atoms with van der Waals surface area (Å²) in [5, 5.41) is 0. The van der Waals surface area contributed by atoms with Crippen LogP contribution in [-0.2, 0) is 10.0 Å². The first-order chi connectivity index (χ1) is 8.53. The zero-order chi connectivity index (χ0) is 13.2. The Morgan fingerprint density at radius 3 is 2.50 bits per heavy atom. The Kier molecular flexibility index (Phi) is 4.42. The Bertz CT molecular complexity index is 388. The zero-order valence-electron chi connectivity index (χ0n) is 10.8. The fourth-order valence-electron chi connectivity index (χ4n) is 2.80. The third kappa shape index (κ3) is 3.12. The molecule has 0 spiro atoms. The van der Waals surface area contributed by atoms with E-state index < -0.39 is 10.0 Å². The molecule has 5 nitrogen and oxygen atoms in total. The lowest BCUT2D eigenvalue weighted by Crippen LogP contribution is -2.46. The van der Waals surface area contributed by atoms with Crippen molar-refractivity contribution in [3.8, 4) is 0 Å². The smallest absolute Gasteiger partial charge is 0.217 e. The lowest BCUT2D eigenvalue weighted by atomic mass is 10.0. The minimum absolute atomic E-state index is 0.0462. The second-order valence-corrected chi connectivity index (χ2v) is 7.25. The van der Waals surface area contributed by atoms with Gasteiger partial charge in [0, 0.05) is 25.2 Å². The minimum Gasteiger partial charge on any atom is -0.328 e. The lowest BCUT2D eigenvalue weighted by molar-refractivity contribution is 0.159. The number of piperidine rings is 1. The maximum absolute atomic E-state index is 11.9. The molecule has 0 aromatic carbocycles. The van der Waals surface area contributed by atoms with Crippen LogP contribution in [0, 0.1) is 0 Å². The molecule has 2 aliphatic rings. The molecule has 2 heterocycles. The summed E-state index contributed by atoms with van der Waals surface area (Å²) in [7, 11) is -3.13. The van der Waals surface area contributed by atoms with Crippen LogP contribution in [0.3, 0.4) is 0 Å². The first kappa shape index (κ1) is 14.0. The summed E-state index contributed by atoms with van der Waals surface area (Å²) in [4.78, 5) is 2.40. The monoisotopic (exact) mass is 273 g/mol. The normalized spacial score (nSPS) is 28.6. The van der Waals surface area contributed by atoms with Gasteiger partial charge in [-0.25, -0.2) is 12.7 Å². The van der Waals surface area contributed by atoms with Gasteiger partial charge in [0.1, 0.15) is 0 Å². The van der Waals surface area contributed by atoms with Crippen LogP contribution in [-0.4, -0.2) is 61.6 Å². The van der Waals surface area contributed by atoms with Gasteiger partial charge in [-0.1, -0.05) is 6.08 Å². The molecular formula is C12H23N3O2S. The Hall–Kier alpha value is -0.430. The third-order valence-corrected chi connectivity index (χ3v) is 5.71. The first-order valence-corrected chi connectivity index (χ1v) is 8.22. The summed E-state index contributed by atoms with van der Waals surface area (Å²) < 4.78 is 25.5. The summed E-state index contributed by atoms with van der Waals surface area (Å²) in [6.45, 7) is 6.78. The molecule has 1 atom stereocenters. The van der Waals surface area contributed by atoms with Crippen LogP contribution in [0.5, 0.6) is 0 Å². The molecule has 2 saturated heterocycles. The Labute approximate surface area is 110 Å². The van der Waals surface area contributed by atoms with Crippen molar-refractivity contribution < 1.29 is 8.42 Å². The topological polar surface area (TPSA) is 66.6 Å². The molecule has 2 aliphatic heterocycles. The molecule has 0 bridgehead atoms. The van der Waals surface area contributed by atoms with E-state index in [4.69, 9.17) is 5.73 Å². The van der Waals surface area contributed by atoms with Gasteiger partial charge in [0.2, 0.25) is 10.0 Å². The van der Waals surface area contributed by atoms with Crippen LogP contribution in [0.25, 0.3) is 0 Å². The zero-order valence-corrected chi connectivity index (χ0v) is 11.6. The molecule has 0 aromatic heterocycles. The van der Waals surface area contributed by atoms with Crippen LogP contribution in [0.15, 0.2) is 12.7 Å². The third-order valence-electron chi connectivity index (χ3n) is 3.94. The van der Waals surface area contributed by atoms with Gasteiger partial charge in [0.05, 0.1) is 5.75 Å². The molecule has 18 heavy (non-hydrogen) atoms. The predicted octanol–water partition coefficient (Wildman–Crippen LogP) is -0.000400. The van der Waals surface area contributed by atoms with E-state index in [0.717, 1.165) is 32.4 Å². The maximum atomic E-state index is 11.9. The number of hydrogen-bond donors (Lipinski definition) is 1. The average Bonchev–Trinajstić information content (AvgIpc) is 2.80. The highest BCUT2D eigenvalue weighted by Gasteiger charge is 2.34. The predicted molar refractivity (Wildman–Crippen MR) is 72.7 cm³/mol. The van der Waals surface area contributed by atoms with Crippen LogP contribution >= 0.6 is 0 Å². The van der Waals surface area contributed by atoms with Gasteiger partial charge in [-0.05, 0) is 32.4 Å². The van der Waals surface area contributed by atoms with Gasteiger partial charge < -0.3 is 5.73 Å². The Morgan fingerprint density at radius 2 is 1.89 bits per heavy atom. The largest absolute Gasteiger partial charge is 0.328 e. The number of rotatable bonds is 4. The second kappa shape index (κ2) is 5.69. The number of nitrogens with two attached hydrogens (primary N) is 1. The van der Waals surface area contributed by atoms with Crippen LogP contribution < -0.4 is 5.73 Å². The van der Waals surface area contributed by atoms with E-state index in [1.807, 2.05) is 0 Å². The number of sulfonamides is 1. The molecule has 104 valence electrons. The number of hydrogen-bond acceptors (Lipinski definition) is 4. The summed E-state index contributed by atoms with van der Waals surface area (Å²) in [6.07, 6.45) is 4.44. The van der Waals surface area contributed by atoms with Crippen LogP contribution in [0.4, 0.5) is 0 Å². The van der Waals surface area contributed by atoms with Crippen LogP contribution in [0.2, 0.25) is 0 Å². The first-order valence-electron chi connectivity index (χ1n) is 6.61. The molecular weight excluding hydrogens is 250 g/mol. The molecule has 2 fully saturated rings. The molecule has 2 N–H and O–H groups in total. The maximum Gasteiger partial charge on any atom is 0.217 e. The SMILES string of the molecule is C=CCS(=O)(=O)N1CCC(N2CCC(N)CC2)C1. The van der Waals surface area contributed by atoms with Gasteiger partial charge in [-0.2, -0.15) is 0 Å². The summed E-state index contributed by atoms with van der Waals surface area (Å²) >= 11 is 0. The van der Waals surface area contributed by atoms with Gasteiger partial charge in [-0.3, -0.25) is 4.90 Å². The molecule has 6 heteroatoms. The summed E-state index contributed by atoms with van der Waals surface area (Å²) in [6, 6.07) is 0.695. The standard InChI is InChI=1S/C12H23N3O2S/c1-2-9-18(16,17)15-8-5-12(10-15)14-6-3-11(13)4-7-14/h2,11-12H,1,3-10,13H2. The van der Waals surface area contributed by atoms with Crippen molar-refractivity contribution in [3.63, 3.8) is 0 Å². The molecule has 1 unspecified atom stereocenters. The van der Waals surface area contributed by atoms with Gasteiger partial charge in [0.25, 0.3) is 0 Å². The van der Waals surface area contributed by atoms with E-state index in [1.54, 1.807) is 4.31 Å². The van der Waals surface area contributed by atoms with E-state index in [1.165, 1.54) is 6.08 Å².